The smallest absolute Gasteiger partial charge is 0.240 e. The zero-order chi connectivity index (χ0) is 14.5. The fourth-order valence-corrected chi connectivity index (χ4v) is 1.96. The SMILES string of the molecule is CCCOc1nc(Oc2cc(F)cc(Br)c2)ccc1N. The molecule has 0 aliphatic rings. The summed E-state index contributed by atoms with van der Waals surface area (Å²) in [5.41, 5.74) is 6.20. The molecule has 0 fully saturated rings. The molecule has 1 aromatic heterocycles. The lowest BCUT2D eigenvalue weighted by Crippen LogP contribution is -2.02. The van der Waals surface area contributed by atoms with Gasteiger partial charge < -0.3 is 15.2 Å². The van der Waals surface area contributed by atoms with E-state index in [0.29, 0.717) is 34.3 Å². The number of anilines is 1. The van der Waals surface area contributed by atoms with Crippen molar-refractivity contribution < 1.29 is 13.9 Å². The lowest BCUT2D eigenvalue weighted by Gasteiger charge is -2.10. The molecule has 4 nitrogen and oxygen atoms in total. The number of nitrogens with zero attached hydrogens (tertiary/aromatic N) is 1. The van der Waals surface area contributed by atoms with Crippen LogP contribution < -0.4 is 15.2 Å². The maximum atomic E-state index is 13.3. The Morgan fingerprint density at radius 2 is 2.10 bits per heavy atom. The van der Waals surface area contributed by atoms with Crippen LogP contribution in [0, 0.1) is 5.82 Å². The molecule has 6 heteroatoms. The molecule has 0 unspecified atom stereocenters. The third-order valence-electron chi connectivity index (χ3n) is 2.37. The average Bonchev–Trinajstić information content (AvgIpc) is 2.38. The number of aromatic nitrogens is 1. The Balaban J connectivity index is 2.20. The van der Waals surface area contributed by atoms with Gasteiger partial charge in [0.05, 0.1) is 12.3 Å². The van der Waals surface area contributed by atoms with Crippen molar-refractivity contribution in [2.45, 2.75) is 13.3 Å². The number of rotatable bonds is 5. The highest BCUT2D eigenvalue weighted by molar-refractivity contribution is 9.10. The van der Waals surface area contributed by atoms with Crippen molar-refractivity contribution in [1.82, 2.24) is 4.98 Å². The number of ether oxygens (including phenoxy) is 2. The van der Waals surface area contributed by atoms with E-state index in [0.717, 1.165) is 6.42 Å². The summed E-state index contributed by atoms with van der Waals surface area (Å²) in [4.78, 5) is 4.16. The molecule has 0 amide bonds. The predicted octanol–water partition coefficient (Wildman–Crippen LogP) is 4.15. The molecular weight excluding hydrogens is 327 g/mol. The van der Waals surface area contributed by atoms with Crippen LogP contribution in [0.3, 0.4) is 0 Å². The second kappa shape index (κ2) is 6.56. The number of pyridine rings is 1. The lowest BCUT2D eigenvalue weighted by atomic mass is 10.3. The van der Waals surface area contributed by atoms with Crippen molar-refractivity contribution in [1.29, 1.82) is 0 Å². The summed E-state index contributed by atoms with van der Waals surface area (Å²) >= 11 is 3.20. The molecule has 0 spiro atoms. The molecule has 0 radical (unpaired) electrons. The van der Waals surface area contributed by atoms with Crippen molar-refractivity contribution in [2.75, 3.05) is 12.3 Å². The van der Waals surface area contributed by atoms with Gasteiger partial charge in [0.25, 0.3) is 0 Å². The van der Waals surface area contributed by atoms with E-state index in [1.807, 2.05) is 6.92 Å². The van der Waals surface area contributed by atoms with E-state index in [-0.39, 0.29) is 0 Å². The van der Waals surface area contributed by atoms with Crippen LogP contribution in [0.5, 0.6) is 17.5 Å². The molecule has 106 valence electrons. The third kappa shape index (κ3) is 3.84. The van der Waals surface area contributed by atoms with Gasteiger partial charge in [-0.1, -0.05) is 22.9 Å². The molecule has 0 saturated carbocycles. The first-order valence-electron chi connectivity index (χ1n) is 6.11. The molecule has 0 aliphatic heterocycles. The molecule has 1 heterocycles. The highest BCUT2D eigenvalue weighted by atomic mass is 79.9. The van der Waals surface area contributed by atoms with Crippen molar-refractivity contribution in [3.8, 4) is 17.5 Å². The zero-order valence-corrected chi connectivity index (χ0v) is 12.5. The Kier molecular flexibility index (Phi) is 4.79. The van der Waals surface area contributed by atoms with Gasteiger partial charge in [0.2, 0.25) is 11.8 Å². The van der Waals surface area contributed by atoms with Gasteiger partial charge >= 0.3 is 0 Å². The molecule has 0 aliphatic carbocycles. The van der Waals surface area contributed by atoms with Crippen LogP contribution in [-0.4, -0.2) is 11.6 Å². The fraction of sp³-hybridized carbons (Fsp3) is 0.214. The summed E-state index contributed by atoms with van der Waals surface area (Å²) in [5, 5.41) is 0. The molecule has 2 N–H and O–H groups in total. The second-order valence-electron chi connectivity index (χ2n) is 4.10. The average molecular weight is 341 g/mol. The van der Waals surface area contributed by atoms with Crippen molar-refractivity contribution in [3.63, 3.8) is 0 Å². The van der Waals surface area contributed by atoms with Gasteiger partial charge in [-0.05, 0) is 24.6 Å². The van der Waals surface area contributed by atoms with E-state index < -0.39 is 5.82 Å². The van der Waals surface area contributed by atoms with Crippen LogP contribution in [0.25, 0.3) is 0 Å². The Morgan fingerprint density at radius 3 is 2.80 bits per heavy atom. The standard InChI is InChI=1S/C14H14BrFN2O2/c1-2-5-19-14-12(17)3-4-13(18-14)20-11-7-9(15)6-10(16)8-11/h3-4,6-8H,2,5,17H2,1H3. The summed E-state index contributed by atoms with van der Waals surface area (Å²) < 4.78 is 24.8. The Hall–Kier alpha value is -1.82. The van der Waals surface area contributed by atoms with Crippen molar-refractivity contribution >= 4 is 21.6 Å². The molecule has 2 rings (SSSR count). The summed E-state index contributed by atoms with van der Waals surface area (Å²) in [7, 11) is 0. The largest absolute Gasteiger partial charge is 0.476 e. The van der Waals surface area contributed by atoms with Crippen LogP contribution in [0.1, 0.15) is 13.3 Å². The van der Waals surface area contributed by atoms with Gasteiger partial charge in [-0.2, -0.15) is 4.98 Å². The van der Waals surface area contributed by atoms with E-state index in [1.165, 1.54) is 12.1 Å². The molecule has 0 atom stereocenters. The van der Waals surface area contributed by atoms with Gasteiger partial charge in [0, 0.05) is 16.6 Å². The van der Waals surface area contributed by atoms with E-state index in [1.54, 1.807) is 18.2 Å². The van der Waals surface area contributed by atoms with Crippen LogP contribution in [0.15, 0.2) is 34.8 Å². The second-order valence-corrected chi connectivity index (χ2v) is 5.02. The lowest BCUT2D eigenvalue weighted by molar-refractivity contribution is 0.302. The van der Waals surface area contributed by atoms with E-state index in [2.05, 4.69) is 20.9 Å². The number of halogens is 2. The quantitative estimate of drug-likeness (QED) is 0.888. The van der Waals surface area contributed by atoms with Gasteiger partial charge in [0.1, 0.15) is 11.6 Å². The first-order chi connectivity index (χ1) is 9.58. The first kappa shape index (κ1) is 14.6. The highest BCUT2D eigenvalue weighted by Gasteiger charge is 2.07. The van der Waals surface area contributed by atoms with Gasteiger partial charge in [0.15, 0.2) is 0 Å². The minimum absolute atomic E-state index is 0.294. The van der Waals surface area contributed by atoms with Gasteiger partial charge in [-0.15, -0.1) is 0 Å². The molecule has 20 heavy (non-hydrogen) atoms. The summed E-state index contributed by atoms with van der Waals surface area (Å²) in [5.74, 6) is 0.561. The maximum absolute atomic E-state index is 13.3. The molecular formula is C14H14BrFN2O2. The van der Waals surface area contributed by atoms with Crippen LogP contribution >= 0.6 is 15.9 Å². The Morgan fingerprint density at radius 1 is 1.30 bits per heavy atom. The van der Waals surface area contributed by atoms with Crippen LogP contribution in [0.4, 0.5) is 10.1 Å². The van der Waals surface area contributed by atoms with Crippen molar-refractivity contribution in [3.05, 3.63) is 40.6 Å². The van der Waals surface area contributed by atoms with Crippen LogP contribution in [0.2, 0.25) is 0 Å². The van der Waals surface area contributed by atoms with E-state index >= 15 is 0 Å². The number of hydrogen-bond acceptors (Lipinski definition) is 4. The topological polar surface area (TPSA) is 57.4 Å². The zero-order valence-electron chi connectivity index (χ0n) is 10.9. The number of nitrogen functional groups attached to an aromatic ring is 1. The minimum Gasteiger partial charge on any atom is -0.476 e. The monoisotopic (exact) mass is 340 g/mol. The predicted molar refractivity (Wildman–Crippen MR) is 78.6 cm³/mol. The number of nitrogens with two attached hydrogens (primary N) is 1. The highest BCUT2D eigenvalue weighted by Crippen LogP contribution is 2.28. The normalized spacial score (nSPS) is 10.3. The maximum Gasteiger partial charge on any atom is 0.240 e. The molecule has 1 aromatic carbocycles. The number of hydrogen-bond donors (Lipinski definition) is 1. The van der Waals surface area contributed by atoms with E-state index in [9.17, 15) is 4.39 Å². The Bertz CT molecular complexity index is 587. The summed E-state index contributed by atoms with van der Waals surface area (Å²) in [6, 6.07) is 7.51. The first-order valence-corrected chi connectivity index (χ1v) is 6.91. The number of benzene rings is 1. The minimum atomic E-state index is -0.396. The third-order valence-corrected chi connectivity index (χ3v) is 2.82. The molecule has 0 bridgehead atoms. The van der Waals surface area contributed by atoms with Crippen molar-refractivity contribution in [2.24, 2.45) is 0 Å². The van der Waals surface area contributed by atoms with Gasteiger partial charge in [-0.25, -0.2) is 4.39 Å². The molecule has 0 saturated heterocycles. The Labute approximate surface area is 124 Å². The molecule has 2 aromatic rings. The summed E-state index contributed by atoms with van der Waals surface area (Å²) in [6.07, 6.45) is 0.850. The summed E-state index contributed by atoms with van der Waals surface area (Å²) in [6.45, 7) is 2.51. The van der Waals surface area contributed by atoms with E-state index in [4.69, 9.17) is 15.2 Å². The van der Waals surface area contributed by atoms with Crippen LogP contribution in [-0.2, 0) is 0 Å². The fourth-order valence-electron chi connectivity index (χ4n) is 1.51. The van der Waals surface area contributed by atoms with Gasteiger partial charge in [-0.3, -0.25) is 0 Å².